The smallest absolute Gasteiger partial charge is 0.262 e. The van der Waals surface area contributed by atoms with Gasteiger partial charge in [0.05, 0.1) is 4.90 Å². The van der Waals surface area contributed by atoms with Crippen LogP contribution in [0.3, 0.4) is 0 Å². The molecule has 2 aromatic rings. The Kier molecular flexibility index (Phi) is 5.76. The number of halogens is 1. The summed E-state index contributed by atoms with van der Waals surface area (Å²) in [6.07, 6.45) is 0. The van der Waals surface area contributed by atoms with Crippen molar-refractivity contribution in [3.8, 4) is 5.75 Å². The Balaban J connectivity index is 2.08. The lowest BCUT2D eigenvalue weighted by atomic mass is 10.2. The number of carbonyl (C=O) groups is 1. The van der Waals surface area contributed by atoms with E-state index in [0.717, 1.165) is 4.31 Å². The number of rotatable bonds is 6. The summed E-state index contributed by atoms with van der Waals surface area (Å²) in [6, 6.07) is 9.79. The minimum absolute atomic E-state index is 0.0813. The molecule has 0 saturated heterocycles. The van der Waals surface area contributed by atoms with Crippen LogP contribution in [0.4, 0.5) is 10.1 Å². The maximum atomic E-state index is 12.8. The van der Waals surface area contributed by atoms with Crippen LogP contribution in [0.2, 0.25) is 0 Å². The zero-order valence-corrected chi connectivity index (χ0v) is 14.9. The number of aryl methyl sites for hydroxylation is 1. The van der Waals surface area contributed by atoms with Crippen LogP contribution in [0.15, 0.2) is 47.4 Å². The largest absolute Gasteiger partial charge is 0.484 e. The fraction of sp³-hybridized carbons (Fsp3) is 0.235. The summed E-state index contributed by atoms with van der Waals surface area (Å²) in [4.78, 5) is 12.1. The molecule has 2 rings (SSSR count). The molecule has 0 fully saturated rings. The summed E-state index contributed by atoms with van der Waals surface area (Å²) in [5, 5.41) is 2.62. The van der Waals surface area contributed by atoms with Gasteiger partial charge in [0.2, 0.25) is 10.0 Å². The SMILES string of the molecule is Cc1ccc(S(=O)(=O)N(C)C)cc1NC(=O)COc1ccc(F)cc1. The van der Waals surface area contributed by atoms with Crippen molar-refractivity contribution < 1.29 is 22.3 Å². The molecule has 0 atom stereocenters. The molecule has 0 radical (unpaired) electrons. The monoisotopic (exact) mass is 366 g/mol. The second-order valence-corrected chi connectivity index (χ2v) is 7.71. The zero-order valence-electron chi connectivity index (χ0n) is 14.1. The van der Waals surface area contributed by atoms with Gasteiger partial charge in [-0.25, -0.2) is 17.1 Å². The number of anilines is 1. The predicted octanol–water partition coefficient (Wildman–Crippen LogP) is 2.40. The van der Waals surface area contributed by atoms with Gasteiger partial charge in [-0.15, -0.1) is 0 Å². The molecule has 0 bridgehead atoms. The van der Waals surface area contributed by atoms with E-state index in [1.165, 1.54) is 50.5 Å². The number of benzene rings is 2. The maximum absolute atomic E-state index is 12.8. The van der Waals surface area contributed by atoms with Gasteiger partial charge in [-0.2, -0.15) is 0 Å². The third-order valence-corrected chi connectivity index (χ3v) is 5.26. The summed E-state index contributed by atoms with van der Waals surface area (Å²) in [7, 11) is -0.727. The second kappa shape index (κ2) is 7.62. The molecular formula is C17H19FN2O4S. The summed E-state index contributed by atoms with van der Waals surface area (Å²) in [6.45, 7) is 1.47. The first-order valence-electron chi connectivity index (χ1n) is 7.41. The predicted molar refractivity (Wildman–Crippen MR) is 92.6 cm³/mol. The Hall–Kier alpha value is -2.45. The molecule has 0 aliphatic carbocycles. The van der Waals surface area contributed by atoms with E-state index >= 15 is 0 Å². The number of sulfonamides is 1. The van der Waals surface area contributed by atoms with E-state index in [-0.39, 0.29) is 11.5 Å². The highest BCUT2D eigenvalue weighted by molar-refractivity contribution is 7.89. The summed E-state index contributed by atoms with van der Waals surface area (Å²) >= 11 is 0. The van der Waals surface area contributed by atoms with Crippen molar-refractivity contribution in [3.63, 3.8) is 0 Å². The van der Waals surface area contributed by atoms with Gasteiger partial charge < -0.3 is 10.1 Å². The van der Waals surface area contributed by atoms with E-state index in [4.69, 9.17) is 4.74 Å². The van der Waals surface area contributed by atoms with Crippen molar-refractivity contribution in [3.05, 3.63) is 53.8 Å². The molecule has 1 amide bonds. The van der Waals surface area contributed by atoms with Crippen molar-refractivity contribution in [1.29, 1.82) is 0 Å². The van der Waals surface area contributed by atoms with E-state index in [2.05, 4.69) is 5.32 Å². The van der Waals surface area contributed by atoms with Gasteiger partial charge in [-0.1, -0.05) is 6.07 Å². The van der Waals surface area contributed by atoms with Gasteiger partial charge in [0.15, 0.2) is 6.61 Å². The normalized spacial score (nSPS) is 11.4. The summed E-state index contributed by atoms with van der Waals surface area (Å²) in [5.74, 6) is -0.490. The number of hydrogen-bond donors (Lipinski definition) is 1. The molecule has 0 aliphatic rings. The molecule has 0 unspecified atom stereocenters. The number of hydrogen-bond acceptors (Lipinski definition) is 4. The van der Waals surface area contributed by atoms with Crippen LogP contribution in [0.1, 0.15) is 5.56 Å². The Morgan fingerprint density at radius 2 is 1.80 bits per heavy atom. The van der Waals surface area contributed by atoms with Crippen LogP contribution in [-0.2, 0) is 14.8 Å². The quantitative estimate of drug-likeness (QED) is 0.852. The van der Waals surface area contributed by atoms with Gasteiger partial charge in [-0.3, -0.25) is 4.79 Å². The highest BCUT2D eigenvalue weighted by Gasteiger charge is 2.18. The molecular weight excluding hydrogens is 347 g/mol. The first kappa shape index (κ1) is 18.9. The first-order chi connectivity index (χ1) is 11.7. The molecule has 6 nitrogen and oxygen atoms in total. The third-order valence-electron chi connectivity index (χ3n) is 3.45. The molecule has 8 heteroatoms. The van der Waals surface area contributed by atoms with Crippen LogP contribution in [0.25, 0.3) is 0 Å². The first-order valence-corrected chi connectivity index (χ1v) is 8.85. The number of nitrogens with zero attached hydrogens (tertiary/aromatic N) is 1. The lowest BCUT2D eigenvalue weighted by molar-refractivity contribution is -0.118. The van der Waals surface area contributed by atoms with E-state index in [0.29, 0.717) is 17.0 Å². The topological polar surface area (TPSA) is 75.7 Å². The van der Waals surface area contributed by atoms with Gasteiger partial charge in [0, 0.05) is 19.8 Å². The van der Waals surface area contributed by atoms with Crippen molar-refractivity contribution in [2.24, 2.45) is 0 Å². The Morgan fingerprint density at radius 1 is 1.16 bits per heavy atom. The standard InChI is InChI=1S/C17H19FN2O4S/c1-12-4-9-15(25(22,23)20(2)3)10-16(12)19-17(21)11-24-14-7-5-13(18)6-8-14/h4-10H,11H2,1-3H3,(H,19,21). The molecule has 2 aromatic carbocycles. The van der Waals surface area contributed by atoms with Gasteiger partial charge in [-0.05, 0) is 48.9 Å². The summed E-state index contributed by atoms with van der Waals surface area (Å²) < 4.78 is 43.5. The number of ether oxygens (including phenoxy) is 1. The molecule has 25 heavy (non-hydrogen) atoms. The lowest BCUT2D eigenvalue weighted by Gasteiger charge is -2.14. The molecule has 0 aromatic heterocycles. The van der Waals surface area contributed by atoms with Crippen LogP contribution >= 0.6 is 0 Å². The molecule has 134 valence electrons. The van der Waals surface area contributed by atoms with Crippen LogP contribution in [0.5, 0.6) is 5.75 Å². The highest BCUT2D eigenvalue weighted by Crippen LogP contribution is 2.22. The van der Waals surface area contributed by atoms with E-state index in [1.54, 1.807) is 13.0 Å². The van der Waals surface area contributed by atoms with Gasteiger partial charge in [0.1, 0.15) is 11.6 Å². The molecule has 0 heterocycles. The molecule has 0 saturated carbocycles. The second-order valence-electron chi connectivity index (χ2n) is 5.55. The summed E-state index contributed by atoms with van der Waals surface area (Å²) in [5.41, 5.74) is 1.10. The maximum Gasteiger partial charge on any atom is 0.262 e. The van der Waals surface area contributed by atoms with Crippen LogP contribution in [0, 0.1) is 12.7 Å². The lowest BCUT2D eigenvalue weighted by Crippen LogP contribution is -2.23. The van der Waals surface area contributed by atoms with Crippen LogP contribution < -0.4 is 10.1 Å². The van der Waals surface area contributed by atoms with Crippen molar-refractivity contribution >= 4 is 21.6 Å². The number of nitrogens with one attached hydrogen (secondary N) is 1. The minimum Gasteiger partial charge on any atom is -0.484 e. The number of carbonyl (C=O) groups excluding carboxylic acids is 1. The molecule has 0 spiro atoms. The van der Waals surface area contributed by atoms with E-state index in [9.17, 15) is 17.6 Å². The highest BCUT2D eigenvalue weighted by atomic mass is 32.2. The van der Waals surface area contributed by atoms with Crippen LogP contribution in [-0.4, -0.2) is 39.3 Å². The Bertz CT molecular complexity index is 865. The van der Waals surface area contributed by atoms with Gasteiger partial charge in [0.25, 0.3) is 5.91 Å². The van der Waals surface area contributed by atoms with Crippen molar-refractivity contribution in [2.75, 3.05) is 26.0 Å². The minimum atomic E-state index is -3.60. The zero-order chi connectivity index (χ0) is 18.6. The average molecular weight is 366 g/mol. The fourth-order valence-electron chi connectivity index (χ4n) is 1.97. The molecule has 0 aliphatic heterocycles. The fourth-order valence-corrected chi connectivity index (χ4v) is 2.90. The Labute approximate surface area is 146 Å². The van der Waals surface area contributed by atoms with Crippen molar-refractivity contribution in [1.82, 2.24) is 4.31 Å². The van der Waals surface area contributed by atoms with Gasteiger partial charge >= 0.3 is 0 Å². The van der Waals surface area contributed by atoms with Crippen molar-refractivity contribution in [2.45, 2.75) is 11.8 Å². The molecule has 1 N–H and O–H groups in total. The van der Waals surface area contributed by atoms with E-state index < -0.39 is 21.7 Å². The number of amides is 1. The third kappa shape index (κ3) is 4.77. The average Bonchev–Trinajstić information content (AvgIpc) is 2.56. The van der Waals surface area contributed by atoms with E-state index in [1.807, 2.05) is 0 Å². The Morgan fingerprint density at radius 3 is 2.40 bits per heavy atom.